The van der Waals surface area contributed by atoms with E-state index in [1.165, 1.54) is 24.9 Å². The fourth-order valence-electron chi connectivity index (χ4n) is 1.35. The Bertz CT molecular complexity index is 344. The molecule has 2 heterocycles. The summed E-state index contributed by atoms with van der Waals surface area (Å²) in [6.45, 7) is 5.52. The van der Waals surface area contributed by atoms with Gasteiger partial charge in [-0.3, -0.25) is 4.98 Å². The highest BCUT2D eigenvalue weighted by molar-refractivity contribution is 8.93. The molecule has 0 fully saturated rings. The molecule has 0 N–H and O–H groups in total. The van der Waals surface area contributed by atoms with Crippen molar-refractivity contribution in [3.05, 3.63) is 54.6 Å². The summed E-state index contributed by atoms with van der Waals surface area (Å²) in [6.07, 6.45) is 10.4. The Labute approximate surface area is 114 Å². The van der Waals surface area contributed by atoms with Crippen LogP contribution in [0.1, 0.15) is 25.3 Å². The van der Waals surface area contributed by atoms with Crippen LogP contribution in [0.3, 0.4) is 0 Å². The van der Waals surface area contributed by atoms with Crippen LogP contribution < -0.4 is 0 Å². The third kappa shape index (κ3) is 7.75. The van der Waals surface area contributed by atoms with E-state index in [0.29, 0.717) is 0 Å². The van der Waals surface area contributed by atoms with Crippen LogP contribution in [0.5, 0.6) is 0 Å². The van der Waals surface area contributed by atoms with Crippen molar-refractivity contribution in [1.29, 1.82) is 0 Å². The minimum absolute atomic E-state index is 0. The van der Waals surface area contributed by atoms with Gasteiger partial charge >= 0.3 is 0 Å². The van der Waals surface area contributed by atoms with Crippen LogP contribution in [0.2, 0.25) is 0 Å². The highest BCUT2D eigenvalue weighted by Gasteiger charge is 1.89. The molecule has 0 radical (unpaired) electrons. The summed E-state index contributed by atoms with van der Waals surface area (Å²) in [5.41, 5.74) is 1.36. The van der Waals surface area contributed by atoms with Gasteiger partial charge < -0.3 is 4.57 Å². The van der Waals surface area contributed by atoms with Gasteiger partial charge in [0.05, 0.1) is 0 Å². The lowest BCUT2D eigenvalue weighted by molar-refractivity contribution is 0.634. The minimum atomic E-state index is 0. The number of aryl methyl sites for hydroxylation is 2. The van der Waals surface area contributed by atoms with Crippen LogP contribution in [0, 0.1) is 6.92 Å². The Hall–Kier alpha value is -1.09. The lowest BCUT2D eigenvalue weighted by Crippen LogP contribution is -1.92. The van der Waals surface area contributed by atoms with E-state index in [2.05, 4.69) is 41.9 Å². The summed E-state index contributed by atoms with van der Waals surface area (Å²) in [6, 6.07) is 7.86. The van der Waals surface area contributed by atoms with Gasteiger partial charge in [0.15, 0.2) is 0 Å². The molecule has 94 valence electrons. The first-order chi connectivity index (χ1) is 7.83. The molecule has 2 aromatic rings. The molecule has 0 atom stereocenters. The zero-order valence-corrected chi connectivity index (χ0v) is 12.3. The minimum Gasteiger partial charge on any atom is -0.354 e. The number of halogens is 1. The second kappa shape index (κ2) is 10.1. The Kier molecular flexibility index (Phi) is 9.44. The molecular weight excluding hydrogens is 276 g/mol. The fourth-order valence-corrected chi connectivity index (χ4v) is 1.35. The van der Waals surface area contributed by atoms with Gasteiger partial charge in [-0.1, -0.05) is 19.4 Å². The molecule has 17 heavy (non-hydrogen) atoms. The summed E-state index contributed by atoms with van der Waals surface area (Å²) >= 11 is 0. The average molecular weight is 297 g/mol. The monoisotopic (exact) mass is 296 g/mol. The maximum absolute atomic E-state index is 3.78. The van der Waals surface area contributed by atoms with Gasteiger partial charge in [0.2, 0.25) is 0 Å². The summed E-state index contributed by atoms with van der Waals surface area (Å²) in [4.78, 5) is 3.78. The van der Waals surface area contributed by atoms with E-state index < -0.39 is 0 Å². The van der Waals surface area contributed by atoms with Gasteiger partial charge in [0.25, 0.3) is 0 Å². The molecule has 0 aliphatic heterocycles. The van der Waals surface area contributed by atoms with Crippen LogP contribution >= 0.6 is 17.0 Å². The molecule has 2 aromatic heterocycles. The number of rotatable bonds is 3. The van der Waals surface area contributed by atoms with Crippen molar-refractivity contribution in [3.63, 3.8) is 0 Å². The number of pyridine rings is 1. The third-order valence-electron chi connectivity index (χ3n) is 2.23. The largest absolute Gasteiger partial charge is 0.354 e. The zero-order chi connectivity index (χ0) is 11.6. The van der Waals surface area contributed by atoms with Gasteiger partial charge in [-0.05, 0) is 37.1 Å². The van der Waals surface area contributed by atoms with Crippen LogP contribution in [0.15, 0.2) is 49.1 Å². The van der Waals surface area contributed by atoms with Gasteiger partial charge in [-0.15, -0.1) is 17.0 Å². The lowest BCUT2D eigenvalue weighted by Gasteiger charge is -1.98. The van der Waals surface area contributed by atoms with Crippen molar-refractivity contribution < 1.29 is 0 Å². The van der Waals surface area contributed by atoms with Crippen molar-refractivity contribution in [3.8, 4) is 0 Å². The van der Waals surface area contributed by atoms with Crippen molar-refractivity contribution >= 4 is 17.0 Å². The molecule has 0 aliphatic carbocycles. The first-order valence-corrected chi connectivity index (χ1v) is 5.80. The van der Waals surface area contributed by atoms with E-state index in [4.69, 9.17) is 0 Å². The smallest absolute Gasteiger partial charge is 0.0267 e. The maximum atomic E-state index is 3.78. The molecule has 0 aromatic carbocycles. The van der Waals surface area contributed by atoms with Gasteiger partial charge in [-0.25, -0.2) is 0 Å². The van der Waals surface area contributed by atoms with Crippen LogP contribution in [0.25, 0.3) is 0 Å². The van der Waals surface area contributed by atoms with E-state index in [-0.39, 0.29) is 17.0 Å². The summed E-state index contributed by atoms with van der Waals surface area (Å²) in [7, 11) is 0. The van der Waals surface area contributed by atoms with E-state index in [0.717, 1.165) is 0 Å². The van der Waals surface area contributed by atoms with E-state index in [1.807, 2.05) is 18.2 Å². The molecule has 0 amide bonds. The van der Waals surface area contributed by atoms with Crippen molar-refractivity contribution in [2.75, 3.05) is 0 Å². The van der Waals surface area contributed by atoms with Gasteiger partial charge in [0, 0.05) is 31.3 Å². The number of aromatic nitrogens is 2. The standard InChI is InChI=1S/C9H15N.C5H5N.BrH/c1-3-4-6-10-7-5-9(2)8-10;1-2-4-6-5-3-1;/h5,7-8H,3-4,6H2,1-2H3;1-5H;1H. The molecule has 0 aliphatic rings. The summed E-state index contributed by atoms with van der Waals surface area (Å²) in [5.74, 6) is 0. The molecule has 0 saturated heterocycles. The maximum Gasteiger partial charge on any atom is 0.0267 e. The molecule has 0 unspecified atom stereocenters. The second-order valence-electron chi connectivity index (χ2n) is 3.80. The quantitative estimate of drug-likeness (QED) is 0.828. The summed E-state index contributed by atoms with van der Waals surface area (Å²) < 4.78 is 2.25. The number of unbranched alkanes of at least 4 members (excludes halogenated alkanes) is 1. The first-order valence-electron chi connectivity index (χ1n) is 5.80. The SMILES string of the molecule is Br.CCCCn1ccc(C)c1.c1ccncc1. The molecule has 2 rings (SSSR count). The van der Waals surface area contributed by atoms with Gasteiger partial charge in [-0.2, -0.15) is 0 Å². The first kappa shape index (κ1) is 15.9. The number of nitrogens with zero attached hydrogens (tertiary/aromatic N) is 2. The molecule has 2 nitrogen and oxygen atoms in total. The van der Waals surface area contributed by atoms with E-state index in [9.17, 15) is 0 Å². The Morgan fingerprint density at radius 3 is 2.24 bits per heavy atom. The topological polar surface area (TPSA) is 17.8 Å². The predicted octanol–water partition coefficient (Wildman–Crippen LogP) is 4.26. The van der Waals surface area contributed by atoms with E-state index in [1.54, 1.807) is 12.4 Å². The van der Waals surface area contributed by atoms with Crippen LogP contribution in [-0.4, -0.2) is 9.55 Å². The summed E-state index contributed by atoms with van der Waals surface area (Å²) in [5, 5.41) is 0. The Morgan fingerprint density at radius 1 is 1.18 bits per heavy atom. The second-order valence-corrected chi connectivity index (χ2v) is 3.80. The van der Waals surface area contributed by atoms with Crippen molar-refractivity contribution in [1.82, 2.24) is 9.55 Å². The molecular formula is C14H21BrN2. The highest BCUT2D eigenvalue weighted by atomic mass is 79.9. The average Bonchev–Trinajstić information content (AvgIpc) is 2.76. The number of hydrogen-bond donors (Lipinski definition) is 0. The van der Waals surface area contributed by atoms with Crippen molar-refractivity contribution in [2.24, 2.45) is 0 Å². The van der Waals surface area contributed by atoms with Crippen LogP contribution in [0.4, 0.5) is 0 Å². The third-order valence-corrected chi connectivity index (χ3v) is 2.23. The van der Waals surface area contributed by atoms with Gasteiger partial charge in [0.1, 0.15) is 0 Å². The zero-order valence-electron chi connectivity index (χ0n) is 10.5. The molecule has 0 bridgehead atoms. The van der Waals surface area contributed by atoms with Crippen molar-refractivity contribution in [2.45, 2.75) is 33.2 Å². The Balaban J connectivity index is 0.000000316. The molecule has 0 saturated carbocycles. The highest BCUT2D eigenvalue weighted by Crippen LogP contribution is 2.00. The van der Waals surface area contributed by atoms with Crippen LogP contribution in [-0.2, 0) is 6.54 Å². The molecule has 3 heteroatoms. The fraction of sp³-hybridized carbons (Fsp3) is 0.357. The number of hydrogen-bond acceptors (Lipinski definition) is 1. The normalized spacial score (nSPS) is 8.82. The predicted molar refractivity (Wildman–Crippen MR) is 78.6 cm³/mol. The molecule has 0 spiro atoms. The van der Waals surface area contributed by atoms with E-state index >= 15 is 0 Å². The lowest BCUT2D eigenvalue weighted by atomic mass is 10.3. The Morgan fingerprint density at radius 2 is 1.88 bits per heavy atom.